The molecular formula is C23H28ClNO6. The number of esters is 1. The minimum atomic E-state index is -1.48. The second-order valence-corrected chi connectivity index (χ2v) is 7.18. The number of hydroxylamine groups is 2. The second-order valence-electron chi connectivity index (χ2n) is 6.81. The molecule has 8 heteroatoms. The third-order valence-corrected chi connectivity index (χ3v) is 4.88. The Morgan fingerprint density at radius 1 is 1.00 bits per heavy atom. The number of carbonyl (C=O) groups is 2. The van der Waals surface area contributed by atoms with Crippen molar-refractivity contribution >= 4 is 23.7 Å². The summed E-state index contributed by atoms with van der Waals surface area (Å²) >= 11 is 5.79. The van der Waals surface area contributed by atoms with Crippen molar-refractivity contribution in [1.82, 2.24) is 5.06 Å². The standard InChI is InChI=1S/C23H28ClNO6/c1-3-23(21(27)29-4-2,16-18-10-12-20(26)13-11-18)25(31-15-14-24)22(28)30-17-19-8-6-5-7-9-19/h5-13,26H,3-4,14-17H2,1-2H3/t23-/m0/s1. The van der Waals surface area contributed by atoms with Crippen molar-refractivity contribution in [1.29, 1.82) is 0 Å². The smallest absolute Gasteiger partial charge is 0.435 e. The molecule has 0 unspecified atom stereocenters. The summed E-state index contributed by atoms with van der Waals surface area (Å²) in [6.07, 6.45) is -0.511. The molecule has 1 atom stereocenters. The highest BCUT2D eigenvalue weighted by molar-refractivity contribution is 6.17. The number of aromatic hydroxyl groups is 1. The van der Waals surface area contributed by atoms with Gasteiger partial charge in [0.1, 0.15) is 12.4 Å². The highest BCUT2D eigenvalue weighted by Gasteiger charge is 2.49. The first-order valence-electron chi connectivity index (χ1n) is 10.1. The molecule has 1 amide bonds. The fourth-order valence-corrected chi connectivity index (χ4v) is 3.18. The molecule has 2 aromatic rings. The van der Waals surface area contributed by atoms with Gasteiger partial charge in [-0.2, -0.15) is 5.06 Å². The predicted octanol–water partition coefficient (Wildman–Crippen LogP) is 4.46. The van der Waals surface area contributed by atoms with Crippen LogP contribution in [0, 0.1) is 0 Å². The molecule has 0 heterocycles. The first-order chi connectivity index (χ1) is 15.0. The van der Waals surface area contributed by atoms with Gasteiger partial charge >= 0.3 is 12.1 Å². The number of rotatable bonds is 11. The van der Waals surface area contributed by atoms with Crippen LogP contribution in [-0.2, 0) is 32.1 Å². The summed E-state index contributed by atoms with van der Waals surface area (Å²) in [5.41, 5.74) is 0.0280. The average Bonchev–Trinajstić information content (AvgIpc) is 2.79. The average molecular weight is 450 g/mol. The maximum absolute atomic E-state index is 13.1. The first kappa shape index (κ1) is 24.5. The summed E-state index contributed by atoms with van der Waals surface area (Å²) in [7, 11) is 0. The van der Waals surface area contributed by atoms with Crippen molar-refractivity contribution in [3.05, 3.63) is 65.7 Å². The largest absolute Gasteiger partial charge is 0.508 e. The molecule has 0 aliphatic heterocycles. The van der Waals surface area contributed by atoms with E-state index in [1.54, 1.807) is 26.0 Å². The molecule has 31 heavy (non-hydrogen) atoms. The van der Waals surface area contributed by atoms with Gasteiger partial charge in [-0.05, 0) is 36.6 Å². The van der Waals surface area contributed by atoms with E-state index in [4.69, 9.17) is 25.9 Å². The zero-order valence-corrected chi connectivity index (χ0v) is 18.5. The predicted molar refractivity (Wildman–Crippen MR) is 117 cm³/mol. The Morgan fingerprint density at radius 2 is 1.68 bits per heavy atom. The van der Waals surface area contributed by atoms with Gasteiger partial charge in [0.15, 0.2) is 5.54 Å². The number of hydrogen-bond acceptors (Lipinski definition) is 6. The zero-order valence-electron chi connectivity index (χ0n) is 17.8. The highest BCUT2D eigenvalue weighted by Crippen LogP contribution is 2.29. The lowest BCUT2D eigenvalue weighted by Crippen LogP contribution is -2.59. The number of carbonyl (C=O) groups excluding carboxylic acids is 2. The minimum Gasteiger partial charge on any atom is -0.508 e. The number of amides is 1. The lowest BCUT2D eigenvalue weighted by molar-refractivity contribution is -0.212. The third kappa shape index (κ3) is 6.60. The molecule has 0 aromatic heterocycles. The number of phenols is 1. The van der Waals surface area contributed by atoms with Gasteiger partial charge in [-0.1, -0.05) is 49.4 Å². The number of phenolic OH excluding ortho intramolecular Hbond substituents is 1. The molecule has 2 rings (SSSR count). The number of nitrogens with zero attached hydrogens (tertiary/aromatic N) is 1. The fourth-order valence-electron chi connectivity index (χ4n) is 3.11. The Morgan fingerprint density at radius 3 is 2.26 bits per heavy atom. The van der Waals surface area contributed by atoms with Gasteiger partial charge in [-0.25, -0.2) is 9.59 Å². The van der Waals surface area contributed by atoms with Crippen molar-refractivity contribution in [3.8, 4) is 5.75 Å². The van der Waals surface area contributed by atoms with Gasteiger partial charge in [0.05, 0.1) is 13.2 Å². The van der Waals surface area contributed by atoms with Crippen LogP contribution in [0.1, 0.15) is 31.4 Å². The van der Waals surface area contributed by atoms with Crippen molar-refractivity contribution in [2.24, 2.45) is 0 Å². The normalized spacial score (nSPS) is 12.6. The van der Waals surface area contributed by atoms with Crippen molar-refractivity contribution in [2.45, 2.75) is 38.8 Å². The summed E-state index contributed by atoms with van der Waals surface area (Å²) in [6, 6.07) is 15.6. The zero-order chi connectivity index (χ0) is 22.7. The Kier molecular flexibility index (Phi) is 9.62. The number of hydrogen-bond donors (Lipinski definition) is 1. The lowest BCUT2D eigenvalue weighted by Gasteiger charge is -2.39. The summed E-state index contributed by atoms with van der Waals surface area (Å²) < 4.78 is 10.8. The van der Waals surface area contributed by atoms with Crippen LogP contribution in [0.15, 0.2) is 54.6 Å². The van der Waals surface area contributed by atoms with Crippen LogP contribution < -0.4 is 0 Å². The van der Waals surface area contributed by atoms with E-state index in [-0.39, 0.29) is 44.3 Å². The van der Waals surface area contributed by atoms with E-state index in [9.17, 15) is 14.7 Å². The molecule has 0 radical (unpaired) electrons. The van der Waals surface area contributed by atoms with Gasteiger partial charge in [0.2, 0.25) is 0 Å². The van der Waals surface area contributed by atoms with Crippen LogP contribution in [0.2, 0.25) is 0 Å². The first-order valence-corrected chi connectivity index (χ1v) is 10.6. The highest BCUT2D eigenvalue weighted by atomic mass is 35.5. The van der Waals surface area contributed by atoms with Gasteiger partial charge in [0, 0.05) is 12.3 Å². The van der Waals surface area contributed by atoms with Crippen molar-refractivity contribution < 1.29 is 29.0 Å². The maximum atomic E-state index is 13.1. The molecule has 1 N–H and O–H groups in total. The molecule has 0 fully saturated rings. The fraction of sp³-hybridized carbons (Fsp3) is 0.391. The Labute approximate surface area is 187 Å². The van der Waals surface area contributed by atoms with E-state index in [1.165, 1.54) is 12.1 Å². The van der Waals surface area contributed by atoms with Crippen molar-refractivity contribution in [2.75, 3.05) is 19.1 Å². The number of ether oxygens (including phenoxy) is 2. The summed E-state index contributed by atoms with van der Waals surface area (Å²) in [4.78, 5) is 31.8. The van der Waals surface area contributed by atoms with Crippen LogP contribution in [0.4, 0.5) is 4.79 Å². The summed E-state index contributed by atoms with van der Waals surface area (Å²) in [6.45, 7) is 3.61. The molecule has 0 bridgehead atoms. The van der Waals surface area contributed by atoms with Gasteiger partial charge < -0.3 is 14.6 Å². The van der Waals surface area contributed by atoms with E-state index in [0.29, 0.717) is 5.56 Å². The van der Waals surface area contributed by atoms with Crippen LogP contribution in [-0.4, -0.2) is 46.9 Å². The summed E-state index contributed by atoms with van der Waals surface area (Å²) in [5, 5.41) is 10.5. The van der Waals surface area contributed by atoms with Crippen LogP contribution in [0.25, 0.3) is 0 Å². The lowest BCUT2D eigenvalue weighted by atomic mass is 9.87. The maximum Gasteiger partial charge on any atom is 0.435 e. The Bertz CT molecular complexity index is 830. The molecule has 0 saturated carbocycles. The van der Waals surface area contributed by atoms with Crippen molar-refractivity contribution in [3.63, 3.8) is 0 Å². The Hall–Kier alpha value is -2.77. The van der Waals surface area contributed by atoms with Crippen LogP contribution in [0.5, 0.6) is 5.75 Å². The van der Waals surface area contributed by atoms with E-state index >= 15 is 0 Å². The molecular weight excluding hydrogens is 422 g/mol. The number of benzene rings is 2. The summed E-state index contributed by atoms with van der Waals surface area (Å²) in [5.74, 6) is -0.402. The van der Waals surface area contributed by atoms with E-state index < -0.39 is 17.6 Å². The van der Waals surface area contributed by atoms with Crippen LogP contribution >= 0.6 is 11.6 Å². The third-order valence-electron chi connectivity index (χ3n) is 4.73. The molecule has 0 spiro atoms. The van der Waals surface area contributed by atoms with Gasteiger partial charge in [-0.15, -0.1) is 11.6 Å². The van der Waals surface area contributed by atoms with E-state index in [0.717, 1.165) is 10.6 Å². The minimum absolute atomic E-state index is 0.00126. The molecule has 2 aromatic carbocycles. The van der Waals surface area contributed by atoms with Gasteiger partial charge in [-0.3, -0.25) is 4.84 Å². The SMILES string of the molecule is CCOC(=O)[C@](CC)(Cc1ccc(O)cc1)N(OCCCl)C(=O)OCc1ccccc1. The molecule has 0 aliphatic rings. The van der Waals surface area contributed by atoms with Crippen LogP contribution in [0.3, 0.4) is 0 Å². The number of alkyl halides is 1. The van der Waals surface area contributed by atoms with E-state index in [1.807, 2.05) is 30.3 Å². The molecule has 7 nitrogen and oxygen atoms in total. The van der Waals surface area contributed by atoms with Gasteiger partial charge in [0.25, 0.3) is 0 Å². The van der Waals surface area contributed by atoms with E-state index in [2.05, 4.69) is 0 Å². The molecule has 168 valence electrons. The Balaban J connectivity index is 2.37. The number of halogens is 1. The topological polar surface area (TPSA) is 85.3 Å². The second kappa shape index (κ2) is 12.2. The monoisotopic (exact) mass is 449 g/mol. The molecule has 0 aliphatic carbocycles. The quantitative estimate of drug-likeness (QED) is 0.310. The molecule has 0 saturated heterocycles.